The molecule has 0 aliphatic carbocycles. The van der Waals surface area contributed by atoms with Crippen molar-refractivity contribution < 1.29 is 24.2 Å². The number of alkyl carbamates (subject to hydrolysis) is 1. The van der Waals surface area contributed by atoms with E-state index in [1.54, 1.807) is 45.9 Å². The lowest BCUT2D eigenvalue weighted by atomic mass is 9.91. The van der Waals surface area contributed by atoms with Crippen LogP contribution in [0.3, 0.4) is 0 Å². The Labute approximate surface area is 198 Å². The molecule has 186 valence electrons. The maximum atomic E-state index is 13.7. The molecule has 8 nitrogen and oxygen atoms in total. The number of phenolic OH excluding ortho intramolecular Hbond substituents is 1. The molecule has 2 unspecified atom stereocenters. The highest BCUT2D eigenvalue weighted by Gasteiger charge is 2.43. The van der Waals surface area contributed by atoms with Gasteiger partial charge >= 0.3 is 6.09 Å². The van der Waals surface area contributed by atoms with Gasteiger partial charge in [0.2, 0.25) is 11.8 Å². The Bertz CT molecular complexity index is 852. The van der Waals surface area contributed by atoms with Gasteiger partial charge in [-0.25, -0.2) is 4.79 Å². The molecule has 1 rings (SSSR count). The third kappa shape index (κ3) is 8.26. The lowest BCUT2D eigenvalue weighted by Gasteiger charge is -2.45. The molecule has 0 saturated carbocycles. The van der Waals surface area contributed by atoms with Gasteiger partial charge in [-0.1, -0.05) is 25.1 Å². The highest BCUT2D eigenvalue weighted by Crippen LogP contribution is 2.36. The molecule has 0 spiro atoms. The predicted octanol–water partition coefficient (Wildman–Crippen LogP) is 4.28. The Morgan fingerprint density at radius 1 is 1.03 bits per heavy atom. The molecule has 0 aliphatic heterocycles. The third-order valence-electron chi connectivity index (χ3n) is 5.09. The zero-order chi connectivity index (χ0) is 25.8. The average Bonchev–Trinajstić information content (AvgIpc) is 2.63. The smallest absolute Gasteiger partial charge is 0.408 e. The molecule has 33 heavy (non-hydrogen) atoms. The van der Waals surface area contributed by atoms with Crippen LogP contribution in [0.2, 0.25) is 0 Å². The van der Waals surface area contributed by atoms with Crippen molar-refractivity contribution in [3.8, 4) is 5.75 Å². The predicted molar refractivity (Wildman–Crippen MR) is 129 cm³/mol. The van der Waals surface area contributed by atoms with Crippen molar-refractivity contribution in [3.63, 3.8) is 0 Å². The summed E-state index contributed by atoms with van der Waals surface area (Å²) in [6.07, 6.45) is -0.194. The Balaban J connectivity index is 3.52. The van der Waals surface area contributed by atoms with Crippen molar-refractivity contribution in [2.75, 3.05) is 0 Å². The normalized spacial score (nSPS) is 14.1. The van der Waals surface area contributed by atoms with E-state index < -0.39 is 46.7 Å². The molecule has 0 bridgehead atoms. The number of phenols is 1. The largest absolute Gasteiger partial charge is 0.508 e. The van der Waals surface area contributed by atoms with Crippen LogP contribution in [0.4, 0.5) is 4.79 Å². The maximum absolute atomic E-state index is 13.7. The summed E-state index contributed by atoms with van der Waals surface area (Å²) in [5, 5.41) is 16.1. The van der Waals surface area contributed by atoms with E-state index in [2.05, 4.69) is 10.6 Å². The first-order valence-electron chi connectivity index (χ1n) is 11.3. The zero-order valence-corrected chi connectivity index (χ0v) is 21.7. The summed E-state index contributed by atoms with van der Waals surface area (Å²) >= 11 is 0. The molecule has 3 N–H and O–H groups in total. The molecular formula is C25H41N3O5. The van der Waals surface area contributed by atoms with E-state index in [1.807, 2.05) is 41.5 Å². The SMILES string of the molecule is CCC(C)(C)N(C(=O)C(C)NC(=O)OC(C)(C)C)C(C(=O)NC(C)(C)C)c1ccccc1O. The average molecular weight is 464 g/mol. The second kappa shape index (κ2) is 10.4. The van der Waals surface area contributed by atoms with Crippen molar-refractivity contribution in [2.24, 2.45) is 0 Å². The van der Waals surface area contributed by atoms with Gasteiger partial charge in [0.05, 0.1) is 0 Å². The minimum Gasteiger partial charge on any atom is -0.508 e. The van der Waals surface area contributed by atoms with Crippen LogP contribution in [0.1, 0.15) is 87.3 Å². The molecule has 0 heterocycles. The number of nitrogens with one attached hydrogen (secondary N) is 2. The summed E-state index contributed by atoms with van der Waals surface area (Å²) in [5.41, 5.74) is -1.76. The van der Waals surface area contributed by atoms with Crippen molar-refractivity contribution in [1.82, 2.24) is 15.5 Å². The van der Waals surface area contributed by atoms with E-state index in [0.717, 1.165) is 0 Å². The van der Waals surface area contributed by atoms with Crippen molar-refractivity contribution in [3.05, 3.63) is 29.8 Å². The molecule has 0 fully saturated rings. The van der Waals surface area contributed by atoms with Gasteiger partial charge in [0, 0.05) is 16.6 Å². The number of para-hydroxylation sites is 1. The standard InChI is InChI=1S/C25H41N3O5/c1-11-25(9,10)28(21(31)16(2)26-22(32)33-24(6,7)8)19(20(30)27-23(3,4)5)17-14-12-13-15-18(17)29/h12-16,19,29H,11H2,1-10H3,(H,26,32)(H,27,30). The first-order chi connectivity index (χ1) is 14.9. The molecule has 0 radical (unpaired) electrons. The molecular weight excluding hydrogens is 422 g/mol. The minimum absolute atomic E-state index is 0.0935. The van der Waals surface area contributed by atoms with Crippen LogP contribution in [0, 0.1) is 0 Å². The van der Waals surface area contributed by atoms with Crippen LogP contribution >= 0.6 is 0 Å². The van der Waals surface area contributed by atoms with Crippen LogP contribution in [0.25, 0.3) is 0 Å². The van der Waals surface area contributed by atoms with Crippen LogP contribution in [0.15, 0.2) is 24.3 Å². The maximum Gasteiger partial charge on any atom is 0.408 e. The number of amides is 3. The number of rotatable bonds is 7. The number of hydrogen-bond donors (Lipinski definition) is 3. The Hall–Kier alpha value is -2.77. The molecule has 0 aromatic heterocycles. The number of ether oxygens (including phenoxy) is 1. The molecule has 1 aromatic rings. The van der Waals surface area contributed by atoms with E-state index >= 15 is 0 Å². The van der Waals surface area contributed by atoms with Crippen LogP contribution < -0.4 is 10.6 Å². The first kappa shape index (κ1) is 28.3. The topological polar surface area (TPSA) is 108 Å². The van der Waals surface area contributed by atoms with Gasteiger partial charge in [-0.05, 0) is 74.8 Å². The monoisotopic (exact) mass is 463 g/mol. The molecule has 0 aliphatic rings. The lowest BCUT2D eigenvalue weighted by molar-refractivity contribution is -0.149. The van der Waals surface area contributed by atoms with Crippen molar-refractivity contribution in [1.29, 1.82) is 0 Å². The van der Waals surface area contributed by atoms with Crippen LogP contribution in [-0.4, -0.2) is 50.6 Å². The summed E-state index contributed by atoms with van der Waals surface area (Å²) < 4.78 is 5.29. The van der Waals surface area contributed by atoms with Crippen LogP contribution in [0.5, 0.6) is 5.75 Å². The number of aromatic hydroxyl groups is 1. The highest BCUT2D eigenvalue weighted by molar-refractivity contribution is 5.93. The van der Waals surface area contributed by atoms with Crippen molar-refractivity contribution in [2.45, 2.75) is 104 Å². The molecule has 2 atom stereocenters. The summed E-state index contributed by atoms with van der Waals surface area (Å²) in [5.74, 6) is -0.989. The fraction of sp³-hybridized carbons (Fsp3) is 0.640. The Kier molecular flexibility index (Phi) is 8.94. The fourth-order valence-corrected chi connectivity index (χ4v) is 3.25. The van der Waals surface area contributed by atoms with E-state index in [9.17, 15) is 19.5 Å². The fourth-order valence-electron chi connectivity index (χ4n) is 3.25. The van der Waals surface area contributed by atoms with Gasteiger partial charge < -0.3 is 25.4 Å². The Morgan fingerprint density at radius 2 is 1.58 bits per heavy atom. The van der Waals surface area contributed by atoms with E-state index in [0.29, 0.717) is 12.0 Å². The zero-order valence-electron chi connectivity index (χ0n) is 21.7. The van der Waals surface area contributed by atoms with E-state index in [-0.39, 0.29) is 5.75 Å². The second-order valence-corrected chi connectivity index (χ2v) is 10.9. The number of carbonyl (C=O) groups is 3. The van der Waals surface area contributed by atoms with Crippen molar-refractivity contribution >= 4 is 17.9 Å². The Morgan fingerprint density at radius 3 is 2.03 bits per heavy atom. The van der Waals surface area contributed by atoms with Gasteiger partial charge in [0.15, 0.2) is 0 Å². The van der Waals surface area contributed by atoms with E-state index in [4.69, 9.17) is 4.74 Å². The molecule has 0 saturated heterocycles. The quantitative estimate of drug-likeness (QED) is 0.559. The summed E-state index contributed by atoms with van der Waals surface area (Å²) in [4.78, 5) is 41.0. The van der Waals surface area contributed by atoms with Gasteiger partial charge in [-0.15, -0.1) is 0 Å². The third-order valence-corrected chi connectivity index (χ3v) is 5.09. The summed E-state index contributed by atoms with van der Waals surface area (Å²) in [7, 11) is 0. The number of benzene rings is 1. The van der Waals surface area contributed by atoms with Gasteiger partial charge in [0.25, 0.3) is 0 Å². The minimum atomic E-state index is -1.12. The van der Waals surface area contributed by atoms with Crippen LogP contribution in [-0.2, 0) is 14.3 Å². The van der Waals surface area contributed by atoms with Gasteiger partial charge in [-0.2, -0.15) is 0 Å². The summed E-state index contributed by atoms with van der Waals surface area (Å²) in [6, 6.07) is 4.38. The molecule has 3 amide bonds. The number of nitrogens with zero attached hydrogens (tertiary/aromatic N) is 1. The molecule has 1 aromatic carbocycles. The number of carbonyl (C=O) groups excluding carboxylic acids is 3. The number of hydrogen-bond acceptors (Lipinski definition) is 5. The van der Waals surface area contributed by atoms with E-state index in [1.165, 1.54) is 11.0 Å². The summed E-state index contributed by atoms with van der Waals surface area (Å²) in [6.45, 7) is 17.9. The lowest BCUT2D eigenvalue weighted by Crippen LogP contribution is -2.59. The first-order valence-corrected chi connectivity index (χ1v) is 11.3. The van der Waals surface area contributed by atoms with Gasteiger partial charge in [-0.3, -0.25) is 9.59 Å². The molecule has 8 heteroatoms. The highest BCUT2D eigenvalue weighted by atomic mass is 16.6. The second-order valence-electron chi connectivity index (χ2n) is 10.9. The van der Waals surface area contributed by atoms with Gasteiger partial charge in [0.1, 0.15) is 23.4 Å².